The molecule has 2 amide bonds. The topological polar surface area (TPSA) is 62.3 Å². The van der Waals surface area contributed by atoms with Gasteiger partial charge >= 0.3 is 0 Å². The maximum Gasteiger partial charge on any atom is 0.261 e. The van der Waals surface area contributed by atoms with Crippen LogP contribution in [0.15, 0.2) is 76.8 Å². The van der Waals surface area contributed by atoms with E-state index in [4.69, 9.17) is 0 Å². The predicted octanol–water partition coefficient (Wildman–Crippen LogP) is 3.97. The largest absolute Gasteiger partial charge is 0.325 e. The molecule has 1 aliphatic rings. The van der Waals surface area contributed by atoms with Crippen molar-refractivity contribution in [1.82, 2.24) is 4.98 Å². The standard InChI is InChI=1S/C20H14FN3O2S/c21-13-7-9-14(10-8-13)23-18(25)12-24-16-5-1-2-6-17(16)27-19-15(20(24)26)4-3-11-22-19/h1-11H,12H2,(H,23,25). The number of amides is 2. The van der Waals surface area contributed by atoms with E-state index in [0.29, 0.717) is 22.0 Å². The number of nitrogens with zero attached hydrogens (tertiary/aromatic N) is 2. The zero-order chi connectivity index (χ0) is 18.8. The number of benzene rings is 2. The molecular weight excluding hydrogens is 365 g/mol. The summed E-state index contributed by atoms with van der Waals surface area (Å²) >= 11 is 1.40. The number of hydrogen-bond acceptors (Lipinski definition) is 4. The fourth-order valence-electron chi connectivity index (χ4n) is 2.79. The van der Waals surface area contributed by atoms with E-state index in [2.05, 4.69) is 10.3 Å². The quantitative estimate of drug-likeness (QED) is 0.748. The van der Waals surface area contributed by atoms with Gasteiger partial charge in [0.25, 0.3) is 5.91 Å². The smallest absolute Gasteiger partial charge is 0.261 e. The van der Waals surface area contributed by atoms with Gasteiger partial charge in [-0.3, -0.25) is 14.5 Å². The molecule has 0 spiro atoms. The number of fused-ring (bicyclic) bond motifs is 2. The Hall–Kier alpha value is -3.19. The average Bonchev–Trinajstić information content (AvgIpc) is 2.79. The fraction of sp³-hybridized carbons (Fsp3) is 0.0500. The number of carbonyl (C=O) groups is 2. The second-order valence-electron chi connectivity index (χ2n) is 5.87. The zero-order valence-electron chi connectivity index (χ0n) is 14.1. The third-order valence-corrected chi connectivity index (χ3v) is 5.12. The molecule has 0 saturated heterocycles. The van der Waals surface area contributed by atoms with E-state index in [0.717, 1.165) is 4.90 Å². The number of halogens is 1. The number of rotatable bonds is 3. The Balaban J connectivity index is 1.65. The molecule has 4 rings (SSSR count). The van der Waals surface area contributed by atoms with Gasteiger partial charge in [-0.25, -0.2) is 9.37 Å². The van der Waals surface area contributed by atoms with E-state index < -0.39 is 0 Å². The molecule has 7 heteroatoms. The van der Waals surface area contributed by atoms with E-state index in [-0.39, 0.29) is 24.2 Å². The first-order valence-electron chi connectivity index (χ1n) is 8.21. The molecule has 0 fully saturated rings. The van der Waals surface area contributed by atoms with Gasteiger partial charge in [0, 0.05) is 16.8 Å². The number of pyridine rings is 1. The molecule has 0 atom stereocenters. The molecule has 2 heterocycles. The minimum atomic E-state index is -0.384. The molecule has 3 aromatic rings. The van der Waals surface area contributed by atoms with Crippen LogP contribution < -0.4 is 10.2 Å². The van der Waals surface area contributed by atoms with Gasteiger partial charge in [-0.15, -0.1) is 0 Å². The molecule has 0 unspecified atom stereocenters. The Morgan fingerprint density at radius 2 is 1.85 bits per heavy atom. The summed E-state index contributed by atoms with van der Waals surface area (Å²) in [7, 11) is 0. The van der Waals surface area contributed by atoms with Gasteiger partial charge in [0.1, 0.15) is 17.4 Å². The van der Waals surface area contributed by atoms with Crippen LogP contribution in [0.4, 0.5) is 15.8 Å². The van der Waals surface area contributed by atoms with Crippen molar-refractivity contribution in [3.63, 3.8) is 0 Å². The summed E-state index contributed by atoms with van der Waals surface area (Å²) in [6, 6.07) is 16.3. The molecule has 0 saturated carbocycles. The van der Waals surface area contributed by atoms with Crippen molar-refractivity contribution < 1.29 is 14.0 Å². The van der Waals surface area contributed by atoms with Crippen LogP contribution in [-0.2, 0) is 4.79 Å². The van der Waals surface area contributed by atoms with Crippen molar-refractivity contribution >= 4 is 35.0 Å². The van der Waals surface area contributed by atoms with Crippen LogP contribution >= 0.6 is 11.8 Å². The Morgan fingerprint density at radius 3 is 2.67 bits per heavy atom. The molecule has 0 radical (unpaired) electrons. The first-order valence-corrected chi connectivity index (χ1v) is 9.02. The maximum atomic E-state index is 13.1. The van der Waals surface area contributed by atoms with Gasteiger partial charge in [0.2, 0.25) is 5.91 Å². The third-order valence-electron chi connectivity index (χ3n) is 4.04. The first-order chi connectivity index (χ1) is 13.1. The average molecular weight is 379 g/mol. The lowest BCUT2D eigenvalue weighted by atomic mass is 10.2. The van der Waals surface area contributed by atoms with Crippen molar-refractivity contribution in [2.24, 2.45) is 0 Å². The summed E-state index contributed by atoms with van der Waals surface area (Å²) in [5.41, 5.74) is 1.57. The van der Waals surface area contributed by atoms with Gasteiger partial charge in [-0.2, -0.15) is 0 Å². The summed E-state index contributed by atoms with van der Waals surface area (Å²) in [5.74, 6) is -1.04. The molecule has 5 nitrogen and oxygen atoms in total. The lowest BCUT2D eigenvalue weighted by Gasteiger charge is -2.22. The number of para-hydroxylation sites is 1. The Bertz CT molecular complexity index is 1020. The highest BCUT2D eigenvalue weighted by Crippen LogP contribution is 2.39. The summed E-state index contributed by atoms with van der Waals surface area (Å²) in [6.07, 6.45) is 1.64. The number of aromatic nitrogens is 1. The summed E-state index contributed by atoms with van der Waals surface area (Å²) < 4.78 is 13.0. The SMILES string of the molecule is O=C(CN1C(=O)c2cccnc2Sc2ccccc21)Nc1ccc(F)cc1. The molecule has 1 aromatic heterocycles. The molecule has 27 heavy (non-hydrogen) atoms. The number of hydrogen-bond donors (Lipinski definition) is 1. The second kappa shape index (κ2) is 7.20. The second-order valence-corrected chi connectivity index (χ2v) is 6.90. The van der Waals surface area contributed by atoms with Crippen molar-refractivity contribution in [2.45, 2.75) is 9.92 Å². The monoisotopic (exact) mass is 379 g/mol. The number of anilines is 2. The normalized spacial score (nSPS) is 12.8. The first kappa shape index (κ1) is 17.2. The summed E-state index contributed by atoms with van der Waals surface area (Å²) in [6.45, 7) is -0.165. The minimum absolute atomic E-state index is 0.165. The summed E-state index contributed by atoms with van der Waals surface area (Å²) in [4.78, 5) is 32.2. The lowest BCUT2D eigenvalue weighted by molar-refractivity contribution is -0.114. The highest BCUT2D eigenvalue weighted by Gasteiger charge is 2.29. The maximum absolute atomic E-state index is 13.1. The molecule has 1 aliphatic heterocycles. The minimum Gasteiger partial charge on any atom is -0.325 e. The Morgan fingerprint density at radius 1 is 1.07 bits per heavy atom. The molecule has 134 valence electrons. The van der Waals surface area contributed by atoms with Crippen molar-refractivity contribution in [2.75, 3.05) is 16.8 Å². The molecule has 0 aliphatic carbocycles. The Kier molecular flexibility index (Phi) is 4.60. The lowest BCUT2D eigenvalue weighted by Crippen LogP contribution is -2.38. The van der Waals surface area contributed by atoms with Crippen LogP contribution in [0.3, 0.4) is 0 Å². The van der Waals surface area contributed by atoms with Gasteiger partial charge in [0.15, 0.2) is 0 Å². The fourth-order valence-corrected chi connectivity index (χ4v) is 3.81. The van der Waals surface area contributed by atoms with E-state index in [9.17, 15) is 14.0 Å². The summed E-state index contributed by atoms with van der Waals surface area (Å²) in [5, 5.41) is 3.30. The van der Waals surface area contributed by atoms with Crippen molar-refractivity contribution in [1.29, 1.82) is 0 Å². The van der Waals surface area contributed by atoms with E-state index in [1.54, 1.807) is 24.4 Å². The number of carbonyl (C=O) groups excluding carboxylic acids is 2. The van der Waals surface area contributed by atoms with Gasteiger partial charge in [-0.05, 0) is 48.5 Å². The van der Waals surface area contributed by atoms with Crippen LogP contribution in [-0.4, -0.2) is 23.3 Å². The zero-order valence-corrected chi connectivity index (χ0v) is 14.9. The third kappa shape index (κ3) is 3.54. The molecule has 1 N–H and O–H groups in total. The molecule has 2 aromatic carbocycles. The highest BCUT2D eigenvalue weighted by atomic mass is 32.2. The van der Waals surface area contributed by atoms with Gasteiger partial charge < -0.3 is 5.32 Å². The van der Waals surface area contributed by atoms with E-state index >= 15 is 0 Å². The molecule has 0 bridgehead atoms. The van der Waals surface area contributed by atoms with Crippen LogP contribution in [0.5, 0.6) is 0 Å². The highest BCUT2D eigenvalue weighted by molar-refractivity contribution is 7.99. The van der Waals surface area contributed by atoms with Crippen LogP contribution in [0.25, 0.3) is 0 Å². The predicted molar refractivity (Wildman–Crippen MR) is 102 cm³/mol. The van der Waals surface area contributed by atoms with E-state index in [1.807, 2.05) is 18.2 Å². The van der Waals surface area contributed by atoms with E-state index in [1.165, 1.54) is 40.9 Å². The van der Waals surface area contributed by atoms with Crippen molar-refractivity contribution in [3.05, 3.63) is 78.2 Å². The van der Waals surface area contributed by atoms with Crippen molar-refractivity contribution in [3.8, 4) is 0 Å². The van der Waals surface area contributed by atoms with Crippen LogP contribution in [0.2, 0.25) is 0 Å². The van der Waals surface area contributed by atoms with Crippen LogP contribution in [0.1, 0.15) is 10.4 Å². The Labute approximate surface area is 159 Å². The van der Waals surface area contributed by atoms with Gasteiger partial charge in [0.05, 0.1) is 11.3 Å². The van der Waals surface area contributed by atoms with Gasteiger partial charge in [-0.1, -0.05) is 23.9 Å². The van der Waals surface area contributed by atoms with Crippen LogP contribution in [0, 0.1) is 5.82 Å². The molecular formula is C20H14FN3O2S. The number of nitrogens with one attached hydrogen (secondary N) is 1.